The summed E-state index contributed by atoms with van der Waals surface area (Å²) >= 11 is 0. The van der Waals surface area contributed by atoms with E-state index in [1.54, 1.807) is 6.07 Å². The number of nitrogens with one attached hydrogen (secondary N) is 1. The second-order valence-corrected chi connectivity index (χ2v) is 6.09. The van der Waals surface area contributed by atoms with E-state index in [4.69, 9.17) is 0 Å². The van der Waals surface area contributed by atoms with Crippen LogP contribution in [0.1, 0.15) is 29.7 Å². The maximum Gasteiger partial charge on any atom is 0.417 e. The second kappa shape index (κ2) is 4.50. The zero-order valence-electron chi connectivity index (χ0n) is 11.6. The van der Waals surface area contributed by atoms with Crippen LogP contribution in [0.3, 0.4) is 0 Å². The van der Waals surface area contributed by atoms with Crippen LogP contribution in [0.2, 0.25) is 0 Å². The first-order valence-corrected chi connectivity index (χ1v) is 7.48. The van der Waals surface area contributed by atoms with Gasteiger partial charge in [0, 0.05) is 35.6 Å². The Bertz CT molecular complexity index is 687. The van der Waals surface area contributed by atoms with Gasteiger partial charge in [0.05, 0.1) is 5.56 Å². The average Bonchev–Trinajstić information content (AvgIpc) is 2.96. The molecular formula is C16H17F3N2. The lowest BCUT2D eigenvalue weighted by atomic mass is 10.0. The number of H-pyrrole nitrogens is 1. The minimum Gasteiger partial charge on any atom is -0.358 e. The number of fused-ring (bicyclic) bond motifs is 4. The Kier molecular flexibility index (Phi) is 2.83. The highest BCUT2D eigenvalue weighted by atomic mass is 19.4. The molecule has 3 heterocycles. The van der Waals surface area contributed by atoms with Crippen molar-refractivity contribution in [1.82, 2.24) is 9.88 Å². The smallest absolute Gasteiger partial charge is 0.358 e. The molecule has 1 N–H and O–H groups in total. The highest BCUT2D eigenvalue weighted by molar-refractivity contribution is 5.88. The molecule has 2 aliphatic rings. The van der Waals surface area contributed by atoms with Gasteiger partial charge in [0.1, 0.15) is 0 Å². The first-order valence-electron chi connectivity index (χ1n) is 7.48. The summed E-state index contributed by atoms with van der Waals surface area (Å²) in [5.41, 5.74) is 2.02. The van der Waals surface area contributed by atoms with Crippen molar-refractivity contribution >= 4 is 10.9 Å². The molecule has 0 spiro atoms. The van der Waals surface area contributed by atoms with Gasteiger partial charge in [0.2, 0.25) is 0 Å². The fourth-order valence-electron chi connectivity index (χ4n) is 3.97. The molecule has 0 amide bonds. The SMILES string of the molecule is FC(F)(F)c1cccc2[nH]c3c(c12)CCN1CCC[C@H]1C3. The van der Waals surface area contributed by atoms with E-state index in [1.165, 1.54) is 18.6 Å². The molecule has 0 unspecified atom stereocenters. The van der Waals surface area contributed by atoms with Crippen molar-refractivity contribution in [2.75, 3.05) is 13.1 Å². The molecule has 0 saturated carbocycles. The monoisotopic (exact) mass is 294 g/mol. The molecule has 1 atom stereocenters. The van der Waals surface area contributed by atoms with Crippen LogP contribution in [-0.4, -0.2) is 29.0 Å². The molecule has 0 aliphatic carbocycles. The summed E-state index contributed by atoms with van der Waals surface area (Å²) in [5, 5.41) is 0.390. The highest BCUT2D eigenvalue weighted by Gasteiger charge is 2.36. The van der Waals surface area contributed by atoms with Crippen LogP contribution in [0.5, 0.6) is 0 Å². The average molecular weight is 294 g/mol. The third kappa shape index (κ3) is 2.06. The number of alkyl halides is 3. The minimum atomic E-state index is -4.29. The fourth-order valence-corrected chi connectivity index (χ4v) is 3.97. The van der Waals surface area contributed by atoms with E-state index in [0.717, 1.165) is 37.2 Å². The zero-order chi connectivity index (χ0) is 14.6. The molecule has 1 saturated heterocycles. The van der Waals surface area contributed by atoms with E-state index in [2.05, 4.69) is 9.88 Å². The number of rotatable bonds is 0. The van der Waals surface area contributed by atoms with Crippen molar-refractivity contribution in [2.24, 2.45) is 0 Å². The fraction of sp³-hybridized carbons (Fsp3) is 0.500. The van der Waals surface area contributed by atoms with Gasteiger partial charge in [-0.3, -0.25) is 4.90 Å². The van der Waals surface area contributed by atoms with Crippen LogP contribution in [0, 0.1) is 0 Å². The van der Waals surface area contributed by atoms with E-state index in [9.17, 15) is 13.2 Å². The largest absolute Gasteiger partial charge is 0.417 e. The van der Waals surface area contributed by atoms with Crippen molar-refractivity contribution in [3.05, 3.63) is 35.0 Å². The van der Waals surface area contributed by atoms with E-state index >= 15 is 0 Å². The van der Waals surface area contributed by atoms with Crippen LogP contribution in [-0.2, 0) is 19.0 Å². The van der Waals surface area contributed by atoms with Gasteiger partial charge >= 0.3 is 6.18 Å². The first-order chi connectivity index (χ1) is 10.0. The molecule has 2 aromatic rings. The van der Waals surface area contributed by atoms with Gasteiger partial charge in [0.15, 0.2) is 0 Å². The van der Waals surface area contributed by atoms with Gasteiger partial charge in [-0.05, 0) is 43.5 Å². The Labute approximate surface area is 120 Å². The normalized spacial score (nSPS) is 23.1. The molecule has 2 aliphatic heterocycles. The van der Waals surface area contributed by atoms with Crippen LogP contribution < -0.4 is 0 Å². The molecule has 5 heteroatoms. The minimum absolute atomic E-state index is 0.390. The third-order valence-electron chi connectivity index (χ3n) is 4.91. The molecule has 0 radical (unpaired) electrons. The Balaban J connectivity index is 1.88. The number of halogens is 3. The summed E-state index contributed by atoms with van der Waals surface area (Å²) in [6.07, 6.45) is -0.382. The maximum atomic E-state index is 13.3. The van der Waals surface area contributed by atoms with Gasteiger partial charge in [-0.25, -0.2) is 0 Å². The highest BCUT2D eigenvalue weighted by Crippen LogP contribution is 2.39. The molecule has 1 aromatic heterocycles. The Morgan fingerprint density at radius 1 is 1.19 bits per heavy atom. The number of hydrogen-bond donors (Lipinski definition) is 1. The van der Waals surface area contributed by atoms with E-state index < -0.39 is 11.7 Å². The topological polar surface area (TPSA) is 19.0 Å². The van der Waals surface area contributed by atoms with Crippen LogP contribution in [0.25, 0.3) is 10.9 Å². The molecule has 1 fully saturated rings. The third-order valence-corrected chi connectivity index (χ3v) is 4.91. The molecule has 1 aromatic carbocycles. The summed E-state index contributed by atoms with van der Waals surface area (Å²) in [4.78, 5) is 5.68. The summed E-state index contributed by atoms with van der Waals surface area (Å²) in [6, 6.07) is 4.94. The zero-order valence-corrected chi connectivity index (χ0v) is 11.6. The lowest BCUT2D eigenvalue weighted by Gasteiger charge is -2.20. The number of nitrogens with zero attached hydrogens (tertiary/aromatic N) is 1. The first kappa shape index (κ1) is 13.2. The number of hydrogen-bond acceptors (Lipinski definition) is 1. The van der Waals surface area contributed by atoms with Crippen molar-refractivity contribution in [3.63, 3.8) is 0 Å². The van der Waals surface area contributed by atoms with Gasteiger partial charge in [-0.1, -0.05) is 6.07 Å². The Hall–Kier alpha value is -1.49. The van der Waals surface area contributed by atoms with Gasteiger partial charge in [-0.2, -0.15) is 13.2 Å². The predicted molar refractivity (Wildman–Crippen MR) is 75.3 cm³/mol. The van der Waals surface area contributed by atoms with Crippen molar-refractivity contribution in [1.29, 1.82) is 0 Å². The molecule has 0 bridgehead atoms. The number of aromatic nitrogens is 1. The molecule has 112 valence electrons. The second-order valence-electron chi connectivity index (χ2n) is 6.09. The quantitative estimate of drug-likeness (QED) is 0.784. The standard InChI is InChI=1S/C16H17F3N2/c17-16(18,19)12-4-1-5-13-15(12)11-6-8-21-7-2-3-10(21)9-14(11)20-13/h1,4-5,10,20H,2-3,6-9H2/t10-/m0/s1. The van der Waals surface area contributed by atoms with E-state index in [0.29, 0.717) is 23.4 Å². The number of benzene rings is 1. The van der Waals surface area contributed by atoms with Crippen molar-refractivity contribution in [2.45, 2.75) is 37.9 Å². The summed E-state index contributed by atoms with van der Waals surface area (Å²) in [6.45, 7) is 1.95. The van der Waals surface area contributed by atoms with Gasteiger partial charge in [0.25, 0.3) is 0 Å². The Morgan fingerprint density at radius 3 is 2.86 bits per heavy atom. The van der Waals surface area contributed by atoms with Crippen LogP contribution in [0.4, 0.5) is 13.2 Å². The molecule has 2 nitrogen and oxygen atoms in total. The summed E-state index contributed by atoms with van der Waals surface area (Å²) < 4.78 is 39.8. The maximum absolute atomic E-state index is 13.3. The van der Waals surface area contributed by atoms with Crippen molar-refractivity contribution in [3.8, 4) is 0 Å². The van der Waals surface area contributed by atoms with Crippen LogP contribution in [0.15, 0.2) is 18.2 Å². The predicted octanol–water partition coefficient (Wildman–Crippen LogP) is 3.75. The van der Waals surface area contributed by atoms with Gasteiger partial charge in [-0.15, -0.1) is 0 Å². The summed E-state index contributed by atoms with van der Waals surface area (Å²) in [5.74, 6) is 0. The number of aromatic amines is 1. The summed E-state index contributed by atoms with van der Waals surface area (Å²) in [7, 11) is 0. The molecule has 4 rings (SSSR count). The van der Waals surface area contributed by atoms with Crippen molar-refractivity contribution < 1.29 is 13.2 Å². The lowest BCUT2D eigenvalue weighted by Crippen LogP contribution is -2.30. The molecule has 21 heavy (non-hydrogen) atoms. The van der Waals surface area contributed by atoms with Gasteiger partial charge < -0.3 is 4.98 Å². The Morgan fingerprint density at radius 2 is 2.05 bits per heavy atom. The van der Waals surface area contributed by atoms with Crippen LogP contribution >= 0.6 is 0 Å². The van der Waals surface area contributed by atoms with E-state index in [1.807, 2.05) is 0 Å². The van der Waals surface area contributed by atoms with E-state index in [-0.39, 0.29) is 0 Å². The molecular weight excluding hydrogens is 277 g/mol. The lowest BCUT2D eigenvalue weighted by molar-refractivity contribution is -0.136.